The normalized spacial score (nSPS) is 15.4. The quantitative estimate of drug-likeness (QED) is 0.0719. The topological polar surface area (TPSA) is 235 Å². The third kappa shape index (κ3) is 11.5. The number of aromatic hydroxyl groups is 1. The third-order valence-corrected chi connectivity index (χ3v) is 6.88. The lowest BCUT2D eigenvalue weighted by Gasteiger charge is -2.30. The van der Waals surface area contributed by atoms with Gasteiger partial charge in [-0.05, 0) is 48.8 Å². The summed E-state index contributed by atoms with van der Waals surface area (Å²) < 4.78 is 0. The molecule has 3 amide bonds. The molecule has 1 aromatic rings. The van der Waals surface area contributed by atoms with Gasteiger partial charge in [0.2, 0.25) is 17.7 Å². The van der Waals surface area contributed by atoms with Crippen molar-refractivity contribution in [2.24, 2.45) is 34.0 Å². The highest BCUT2D eigenvalue weighted by molar-refractivity contribution is 5.94. The lowest BCUT2D eigenvalue weighted by Crippen LogP contribution is -2.60. The number of aliphatic imine (C=N–C) groups is 1. The number of hydrogen-bond donors (Lipinski definition) is 8. The summed E-state index contributed by atoms with van der Waals surface area (Å²) in [5.41, 5.74) is 17.4. The van der Waals surface area contributed by atoms with E-state index in [1.54, 1.807) is 26.0 Å². The third-order valence-electron chi connectivity index (χ3n) is 6.88. The van der Waals surface area contributed by atoms with Crippen LogP contribution in [0.1, 0.15) is 58.9 Å². The van der Waals surface area contributed by atoms with E-state index in [0.29, 0.717) is 19.3 Å². The van der Waals surface area contributed by atoms with E-state index in [2.05, 4.69) is 20.9 Å². The molecule has 13 heteroatoms. The lowest BCUT2D eigenvalue weighted by molar-refractivity contribution is -0.143. The van der Waals surface area contributed by atoms with Gasteiger partial charge < -0.3 is 43.4 Å². The summed E-state index contributed by atoms with van der Waals surface area (Å²) in [6.45, 7) is 7.48. The predicted octanol–water partition coefficient (Wildman–Crippen LogP) is -0.0532. The number of carboxylic acids is 1. The molecule has 0 radical (unpaired) electrons. The summed E-state index contributed by atoms with van der Waals surface area (Å²) in [7, 11) is 0. The zero-order chi connectivity index (χ0) is 30.4. The average molecular weight is 564 g/mol. The highest BCUT2D eigenvalue weighted by atomic mass is 16.4. The van der Waals surface area contributed by atoms with Crippen LogP contribution in [0.3, 0.4) is 0 Å². The number of nitrogens with one attached hydrogen (secondary N) is 3. The number of carbonyl (C=O) groups excluding carboxylic acids is 3. The minimum atomic E-state index is -1.22. The van der Waals surface area contributed by atoms with Crippen LogP contribution in [0.25, 0.3) is 0 Å². The van der Waals surface area contributed by atoms with Gasteiger partial charge in [0.15, 0.2) is 5.96 Å². The Kier molecular flexibility index (Phi) is 14.5. The van der Waals surface area contributed by atoms with Crippen LogP contribution in [0.5, 0.6) is 5.75 Å². The van der Waals surface area contributed by atoms with Gasteiger partial charge in [0.25, 0.3) is 0 Å². The Hall–Kier alpha value is -3.87. The summed E-state index contributed by atoms with van der Waals surface area (Å²) >= 11 is 0. The number of guanidine groups is 1. The molecule has 0 heterocycles. The Morgan fingerprint density at radius 1 is 0.875 bits per heavy atom. The second-order valence-electron chi connectivity index (χ2n) is 10.1. The number of nitrogens with zero attached hydrogens (tertiary/aromatic N) is 1. The van der Waals surface area contributed by atoms with Crippen molar-refractivity contribution in [3.8, 4) is 5.75 Å². The molecule has 1 aromatic carbocycles. The molecule has 11 N–H and O–H groups in total. The van der Waals surface area contributed by atoms with Gasteiger partial charge in [0.05, 0.1) is 6.04 Å². The fourth-order valence-corrected chi connectivity index (χ4v) is 3.91. The molecule has 0 bridgehead atoms. The second kappa shape index (κ2) is 17.0. The lowest BCUT2D eigenvalue weighted by atomic mass is 9.94. The second-order valence-corrected chi connectivity index (χ2v) is 10.1. The molecule has 40 heavy (non-hydrogen) atoms. The van der Waals surface area contributed by atoms with Gasteiger partial charge in [0, 0.05) is 6.54 Å². The molecule has 6 atom stereocenters. The van der Waals surface area contributed by atoms with Crippen molar-refractivity contribution in [1.29, 1.82) is 0 Å². The van der Waals surface area contributed by atoms with Gasteiger partial charge >= 0.3 is 5.97 Å². The largest absolute Gasteiger partial charge is 0.508 e. The van der Waals surface area contributed by atoms with Gasteiger partial charge in [-0.15, -0.1) is 0 Å². The van der Waals surface area contributed by atoms with E-state index >= 15 is 0 Å². The van der Waals surface area contributed by atoms with Crippen molar-refractivity contribution in [2.45, 2.75) is 84.0 Å². The average Bonchev–Trinajstić information content (AvgIpc) is 2.91. The number of phenols is 1. The predicted molar refractivity (Wildman–Crippen MR) is 152 cm³/mol. The van der Waals surface area contributed by atoms with Crippen molar-refractivity contribution in [3.05, 3.63) is 29.8 Å². The zero-order valence-electron chi connectivity index (χ0n) is 23.7. The van der Waals surface area contributed by atoms with Crippen LogP contribution in [0, 0.1) is 11.8 Å². The van der Waals surface area contributed by atoms with Crippen molar-refractivity contribution < 1.29 is 29.4 Å². The van der Waals surface area contributed by atoms with Crippen molar-refractivity contribution in [1.82, 2.24) is 16.0 Å². The Labute approximate surface area is 235 Å². The fraction of sp³-hybridized carbons (Fsp3) is 0.593. The van der Waals surface area contributed by atoms with Gasteiger partial charge in [-0.1, -0.05) is 52.7 Å². The Morgan fingerprint density at radius 3 is 1.85 bits per heavy atom. The molecular weight excluding hydrogens is 518 g/mol. The first-order valence-electron chi connectivity index (χ1n) is 13.5. The first-order valence-corrected chi connectivity index (χ1v) is 13.5. The van der Waals surface area contributed by atoms with Crippen molar-refractivity contribution in [2.75, 3.05) is 6.54 Å². The Morgan fingerprint density at radius 2 is 1.38 bits per heavy atom. The molecule has 0 aromatic heterocycles. The van der Waals surface area contributed by atoms with Crippen LogP contribution in [0.15, 0.2) is 29.3 Å². The van der Waals surface area contributed by atoms with Gasteiger partial charge in [-0.2, -0.15) is 0 Å². The van der Waals surface area contributed by atoms with E-state index in [9.17, 15) is 29.4 Å². The maximum Gasteiger partial charge on any atom is 0.326 e. The molecule has 13 nitrogen and oxygen atoms in total. The number of nitrogens with two attached hydrogens (primary N) is 3. The Balaban J connectivity index is 2.98. The molecule has 0 saturated carbocycles. The minimum Gasteiger partial charge on any atom is -0.508 e. The van der Waals surface area contributed by atoms with E-state index < -0.39 is 47.9 Å². The van der Waals surface area contributed by atoms with Crippen LogP contribution < -0.4 is 33.2 Å². The SMILES string of the molecule is CCC(C)C(NC(=O)C(N)Cc1ccc(O)cc1)C(=O)NC(C(=O)NC(CCCN=C(N)N)C(=O)O)C(C)CC. The number of benzene rings is 1. The molecule has 1 rings (SSSR count). The maximum absolute atomic E-state index is 13.4. The summed E-state index contributed by atoms with van der Waals surface area (Å²) in [5, 5.41) is 27.0. The van der Waals surface area contributed by atoms with E-state index in [-0.39, 0.29) is 42.9 Å². The monoisotopic (exact) mass is 563 g/mol. The van der Waals surface area contributed by atoms with Crippen LogP contribution in [0.4, 0.5) is 0 Å². The fourth-order valence-electron chi connectivity index (χ4n) is 3.91. The van der Waals surface area contributed by atoms with Crippen LogP contribution in [-0.4, -0.2) is 70.6 Å². The van der Waals surface area contributed by atoms with Crippen LogP contribution in [0.2, 0.25) is 0 Å². The van der Waals surface area contributed by atoms with Gasteiger partial charge in [0.1, 0.15) is 23.9 Å². The zero-order valence-corrected chi connectivity index (χ0v) is 23.7. The van der Waals surface area contributed by atoms with Crippen LogP contribution in [-0.2, 0) is 25.6 Å². The van der Waals surface area contributed by atoms with E-state index in [4.69, 9.17) is 17.2 Å². The van der Waals surface area contributed by atoms with Crippen molar-refractivity contribution in [3.63, 3.8) is 0 Å². The highest BCUT2D eigenvalue weighted by Gasteiger charge is 2.34. The first-order chi connectivity index (χ1) is 18.8. The number of carbonyl (C=O) groups is 4. The molecule has 0 saturated heterocycles. The molecule has 0 aliphatic rings. The molecular formula is C27H45N7O6. The molecule has 0 spiro atoms. The van der Waals surface area contributed by atoms with E-state index in [1.807, 2.05) is 13.8 Å². The number of rotatable bonds is 17. The molecule has 6 unspecified atom stereocenters. The van der Waals surface area contributed by atoms with E-state index in [1.165, 1.54) is 12.1 Å². The highest BCUT2D eigenvalue weighted by Crippen LogP contribution is 2.14. The maximum atomic E-state index is 13.4. The molecule has 0 aliphatic heterocycles. The molecule has 0 fully saturated rings. The molecule has 224 valence electrons. The minimum absolute atomic E-state index is 0.0868. The standard InChI is InChI=1S/C27H45N7O6/c1-5-15(3)21(24(37)32-20(26(39)40)8-7-13-31-27(29)30)34-25(38)22(16(4)6-2)33-23(36)19(28)14-17-9-11-18(35)12-10-17/h9-12,15-16,19-22,35H,5-8,13-14,28H2,1-4H3,(H,32,37)(H,33,36)(H,34,38)(H,39,40)(H4,29,30,31). The molecule has 0 aliphatic carbocycles. The summed E-state index contributed by atoms with van der Waals surface area (Å²) in [4.78, 5) is 55.1. The number of amides is 3. The van der Waals surface area contributed by atoms with Gasteiger partial charge in [-0.25, -0.2) is 4.79 Å². The Bertz CT molecular complexity index is 1010. The van der Waals surface area contributed by atoms with Crippen LogP contribution >= 0.6 is 0 Å². The van der Waals surface area contributed by atoms with E-state index in [0.717, 1.165) is 5.56 Å². The summed E-state index contributed by atoms with van der Waals surface area (Å²) in [6.07, 6.45) is 1.69. The van der Waals surface area contributed by atoms with Gasteiger partial charge in [-0.3, -0.25) is 19.4 Å². The number of aliphatic carboxylic acids is 1. The van der Waals surface area contributed by atoms with Crippen molar-refractivity contribution >= 4 is 29.7 Å². The number of carboxylic acid groups (broad SMARTS) is 1. The number of phenolic OH excluding ortho intramolecular Hbond substituents is 1. The summed E-state index contributed by atoms with van der Waals surface area (Å²) in [6, 6.07) is 2.14. The smallest absolute Gasteiger partial charge is 0.326 e. The number of hydrogen-bond acceptors (Lipinski definition) is 7. The summed E-state index contributed by atoms with van der Waals surface area (Å²) in [5.74, 6) is -3.60. The first kappa shape index (κ1) is 34.2.